The smallest absolute Gasteiger partial charge is 0.358 e. The van der Waals surface area contributed by atoms with Crippen LogP contribution in [0.5, 0.6) is 0 Å². The van der Waals surface area contributed by atoms with Gasteiger partial charge in [-0.15, -0.1) is 10.2 Å². The Morgan fingerprint density at radius 1 is 1.21 bits per heavy atom. The minimum atomic E-state index is -0.419. The average molecular weight is 264 g/mol. The van der Waals surface area contributed by atoms with Gasteiger partial charge in [-0.1, -0.05) is 6.92 Å². The lowest BCUT2D eigenvalue weighted by atomic mass is 10.3. The van der Waals surface area contributed by atoms with E-state index in [4.69, 9.17) is 4.74 Å². The molecule has 0 N–H and O–H groups in total. The molecular weight excluding hydrogens is 244 g/mol. The van der Waals surface area contributed by atoms with E-state index in [1.165, 1.54) is 0 Å². The molecule has 1 aromatic rings. The number of esters is 1. The maximum atomic E-state index is 11.5. The van der Waals surface area contributed by atoms with Crippen LogP contribution in [0.1, 0.15) is 24.3 Å². The summed E-state index contributed by atoms with van der Waals surface area (Å²) in [7, 11) is 0. The Bertz CT molecular complexity index is 413. The van der Waals surface area contributed by atoms with Crippen LogP contribution in [0.2, 0.25) is 0 Å². The SMILES string of the molecule is CCOC(=O)c1ccc(N2CCN(CC)CC2)nn1. The molecule has 1 aliphatic heterocycles. The van der Waals surface area contributed by atoms with Crippen molar-refractivity contribution in [2.75, 3.05) is 44.2 Å². The third-order valence-electron chi connectivity index (χ3n) is 3.28. The molecular formula is C13H20N4O2. The Balaban J connectivity index is 1.97. The third kappa shape index (κ3) is 3.41. The van der Waals surface area contributed by atoms with Crippen LogP contribution in [0.25, 0.3) is 0 Å². The first-order chi connectivity index (χ1) is 9.24. The summed E-state index contributed by atoms with van der Waals surface area (Å²) in [5, 5.41) is 8.04. The number of hydrogen-bond donors (Lipinski definition) is 0. The number of rotatable bonds is 4. The minimum Gasteiger partial charge on any atom is -0.461 e. The molecule has 0 unspecified atom stereocenters. The van der Waals surface area contributed by atoms with Crippen molar-refractivity contribution in [3.8, 4) is 0 Å². The third-order valence-corrected chi connectivity index (χ3v) is 3.28. The number of hydrogen-bond acceptors (Lipinski definition) is 6. The molecule has 1 aliphatic rings. The van der Waals surface area contributed by atoms with Gasteiger partial charge >= 0.3 is 5.97 Å². The van der Waals surface area contributed by atoms with Gasteiger partial charge in [0.25, 0.3) is 0 Å². The van der Waals surface area contributed by atoms with Crippen molar-refractivity contribution in [2.24, 2.45) is 0 Å². The molecule has 1 aromatic heterocycles. The molecule has 104 valence electrons. The minimum absolute atomic E-state index is 0.262. The van der Waals surface area contributed by atoms with Gasteiger partial charge in [0.05, 0.1) is 6.61 Å². The fraction of sp³-hybridized carbons (Fsp3) is 0.615. The molecule has 0 aliphatic carbocycles. The molecule has 0 spiro atoms. The summed E-state index contributed by atoms with van der Waals surface area (Å²) in [6.45, 7) is 9.34. The highest BCUT2D eigenvalue weighted by Gasteiger charge is 2.17. The van der Waals surface area contributed by atoms with Gasteiger partial charge in [0.1, 0.15) is 0 Å². The Morgan fingerprint density at radius 3 is 2.47 bits per heavy atom. The standard InChI is InChI=1S/C13H20N4O2/c1-3-16-7-9-17(10-8-16)12-6-5-11(14-15-12)13(18)19-4-2/h5-6H,3-4,7-10H2,1-2H3. The number of piperazine rings is 1. The fourth-order valence-electron chi connectivity index (χ4n) is 2.10. The van der Waals surface area contributed by atoms with E-state index >= 15 is 0 Å². The number of likely N-dealkylation sites (N-methyl/N-ethyl adjacent to an activating group) is 1. The second-order valence-electron chi connectivity index (χ2n) is 4.42. The lowest BCUT2D eigenvalue weighted by Crippen LogP contribution is -2.46. The zero-order valence-electron chi connectivity index (χ0n) is 11.5. The summed E-state index contributed by atoms with van der Waals surface area (Å²) in [4.78, 5) is 16.1. The number of anilines is 1. The van der Waals surface area contributed by atoms with Crippen molar-refractivity contribution in [1.29, 1.82) is 0 Å². The van der Waals surface area contributed by atoms with Gasteiger partial charge in [-0.3, -0.25) is 0 Å². The Morgan fingerprint density at radius 2 is 1.95 bits per heavy atom. The molecule has 0 amide bonds. The monoisotopic (exact) mass is 264 g/mol. The number of carbonyl (C=O) groups excluding carboxylic acids is 1. The van der Waals surface area contributed by atoms with Crippen LogP contribution in [-0.4, -0.2) is 60.4 Å². The van der Waals surface area contributed by atoms with Crippen LogP contribution in [0.3, 0.4) is 0 Å². The van der Waals surface area contributed by atoms with Crippen molar-refractivity contribution in [2.45, 2.75) is 13.8 Å². The summed E-state index contributed by atoms with van der Waals surface area (Å²) in [5.74, 6) is 0.404. The van der Waals surface area contributed by atoms with Gasteiger partial charge in [0, 0.05) is 26.2 Å². The van der Waals surface area contributed by atoms with Gasteiger partial charge in [0.2, 0.25) is 0 Å². The normalized spacial score (nSPS) is 16.4. The molecule has 6 nitrogen and oxygen atoms in total. The Kier molecular flexibility index (Phi) is 4.68. The first-order valence-corrected chi connectivity index (χ1v) is 6.72. The molecule has 0 saturated carbocycles. The van der Waals surface area contributed by atoms with E-state index < -0.39 is 5.97 Å². The topological polar surface area (TPSA) is 58.6 Å². The zero-order chi connectivity index (χ0) is 13.7. The van der Waals surface area contributed by atoms with E-state index in [0.717, 1.165) is 38.5 Å². The molecule has 0 aromatic carbocycles. The highest BCUT2D eigenvalue weighted by atomic mass is 16.5. The van der Waals surface area contributed by atoms with E-state index in [1.807, 2.05) is 6.07 Å². The van der Waals surface area contributed by atoms with Crippen molar-refractivity contribution in [1.82, 2.24) is 15.1 Å². The summed E-state index contributed by atoms with van der Waals surface area (Å²) < 4.78 is 4.88. The highest BCUT2D eigenvalue weighted by molar-refractivity contribution is 5.87. The molecule has 2 heterocycles. The van der Waals surface area contributed by atoms with Crippen molar-refractivity contribution < 1.29 is 9.53 Å². The van der Waals surface area contributed by atoms with Gasteiger partial charge in [-0.05, 0) is 25.6 Å². The highest BCUT2D eigenvalue weighted by Crippen LogP contribution is 2.12. The summed E-state index contributed by atoms with van der Waals surface area (Å²) in [6, 6.07) is 3.51. The molecule has 0 atom stereocenters. The second kappa shape index (κ2) is 6.47. The van der Waals surface area contributed by atoms with E-state index in [0.29, 0.717) is 6.61 Å². The van der Waals surface area contributed by atoms with E-state index in [2.05, 4.69) is 26.9 Å². The quantitative estimate of drug-likeness (QED) is 0.750. The van der Waals surface area contributed by atoms with Crippen LogP contribution in [-0.2, 0) is 4.74 Å². The first kappa shape index (κ1) is 13.7. The molecule has 1 saturated heterocycles. The van der Waals surface area contributed by atoms with Crippen LogP contribution in [0.4, 0.5) is 5.82 Å². The van der Waals surface area contributed by atoms with Gasteiger partial charge in [-0.2, -0.15) is 0 Å². The summed E-state index contributed by atoms with van der Waals surface area (Å²) in [6.07, 6.45) is 0. The largest absolute Gasteiger partial charge is 0.461 e. The molecule has 6 heteroatoms. The maximum Gasteiger partial charge on any atom is 0.358 e. The molecule has 0 bridgehead atoms. The molecule has 0 radical (unpaired) electrons. The first-order valence-electron chi connectivity index (χ1n) is 6.72. The van der Waals surface area contributed by atoms with Crippen LogP contribution in [0, 0.1) is 0 Å². The fourth-order valence-corrected chi connectivity index (χ4v) is 2.10. The van der Waals surface area contributed by atoms with Gasteiger partial charge < -0.3 is 14.5 Å². The average Bonchev–Trinajstić information content (AvgIpc) is 2.48. The van der Waals surface area contributed by atoms with E-state index in [-0.39, 0.29) is 5.69 Å². The van der Waals surface area contributed by atoms with Crippen molar-refractivity contribution in [3.05, 3.63) is 17.8 Å². The summed E-state index contributed by atoms with van der Waals surface area (Å²) >= 11 is 0. The lowest BCUT2D eigenvalue weighted by Gasteiger charge is -2.34. The number of ether oxygens (including phenoxy) is 1. The van der Waals surface area contributed by atoms with Gasteiger partial charge in [0.15, 0.2) is 11.5 Å². The molecule has 2 rings (SSSR count). The van der Waals surface area contributed by atoms with E-state index in [9.17, 15) is 4.79 Å². The van der Waals surface area contributed by atoms with Crippen LogP contribution in [0.15, 0.2) is 12.1 Å². The molecule has 19 heavy (non-hydrogen) atoms. The number of carbonyl (C=O) groups is 1. The Hall–Kier alpha value is -1.69. The van der Waals surface area contributed by atoms with Crippen molar-refractivity contribution in [3.63, 3.8) is 0 Å². The Labute approximate surface area is 113 Å². The number of aromatic nitrogens is 2. The molecule has 1 fully saturated rings. The zero-order valence-corrected chi connectivity index (χ0v) is 11.5. The number of nitrogens with zero attached hydrogens (tertiary/aromatic N) is 4. The second-order valence-corrected chi connectivity index (χ2v) is 4.42. The predicted molar refractivity (Wildman–Crippen MR) is 72.3 cm³/mol. The lowest BCUT2D eigenvalue weighted by molar-refractivity contribution is 0.0518. The predicted octanol–water partition coefficient (Wildman–Crippen LogP) is 0.795. The van der Waals surface area contributed by atoms with Gasteiger partial charge in [-0.25, -0.2) is 4.79 Å². The summed E-state index contributed by atoms with van der Waals surface area (Å²) in [5.41, 5.74) is 0.262. The van der Waals surface area contributed by atoms with E-state index in [1.54, 1.807) is 13.0 Å². The van der Waals surface area contributed by atoms with Crippen molar-refractivity contribution >= 4 is 11.8 Å². The maximum absolute atomic E-state index is 11.5. The van der Waals surface area contributed by atoms with Crippen LogP contribution < -0.4 is 4.90 Å². The van der Waals surface area contributed by atoms with Crippen LogP contribution >= 0.6 is 0 Å².